The molecule has 19 heavy (non-hydrogen) atoms. The molecule has 0 atom stereocenters. The molecule has 0 saturated carbocycles. The predicted molar refractivity (Wildman–Crippen MR) is 84.1 cm³/mol. The van der Waals surface area contributed by atoms with Crippen LogP contribution in [0, 0.1) is 0 Å². The SMILES string of the molecule is CCN(CC)C(N=C(N(C)C)N(C)C)=[N+](CC)CC. The van der Waals surface area contributed by atoms with Crippen molar-refractivity contribution in [3.05, 3.63) is 0 Å². The molecule has 0 saturated heterocycles. The van der Waals surface area contributed by atoms with Crippen molar-refractivity contribution in [2.45, 2.75) is 27.7 Å². The highest BCUT2D eigenvalue weighted by molar-refractivity contribution is 5.92. The van der Waals surface area contributed by atoms with Crippen molar-refractivity contribution in [3.63, 3.8) is 0 Å². The van der Waals surface area contributed by atoms with Crippen LogP contribution in [0.15, 0.2) is 4.99 Å². The van der Waals surface area contributed by atoms with Crippen molar-refractivity contribution >= 4 is 11.9 Å². The molecular formula is C14H32N5+. The van der Waals surface area contributed by atoms with Gasteiger partial charge in [-0.15, -0.1) is 0 Å². The van der Waals surface area contributed by atoms with Gasteiger partial charge in [0, 0.05) is 28.2 Å². The van der Waals surface area contributed by atoms with Crippen LogP contribution < -0.4 is 0 Å². The van der Waals surface area contributed by atoms with E-state index in [-0.39, 0.29) is 0 Å². The lowest BCUT2D eigenvalue weighted by Crippen LogP contribution is -2.42. The molecule has 0 spiro atoms. The molecule has 0 fully saturated rings. The fraction of sp³-hybridized carbons (Fsp3) is 0.857. The summed E-state index contributed by atoms with van der Waals surface area (Å²) in [6.07, 6.45) is 0. The van der Waals surface area contributed by atoms with E-state index < -0.39 is 0 Å². The van der Waals surface area contributed by atoms with Crippen molar-refractivity contribution < 1.29 is 4.58 Å². The van der Waals surface area contributed by atoms with Crippen molar-refractivity contribution in [2.24, 2.45) is 4.99 Å². The number of aliphatic imine (C=N–C) groups is 1. The highest BCUT2D eigenvalue weighted by Gasteiger charge is 2.22. The van der Waals surface area contributed by atoms with E-state index in [9.17, 15) is 0 Å². The first kappa shape index (κ1) is 17.7. The predicted octanol–water partition coefficient (Wildman–Crippen LogP) is 1.22. The minimum Gasteiger partial charge on any atom is -0.335 e. The summed E-state index contributed by atoms with van der Waals surface area (Å²) in [4.78, 5) is 11.3. The van der Waals surface area contributed by atoms with E-state index in [1.807, 2.05) is 38.0 Å². The van der Waals surface area contributed by atoms with Gasteiger partial charge in [-0.1, -0.05) is 0 Å². The molecule has 0 aromatic rings. The second-order valence-electron chi connectivity index (χ2n) is 4.85. The van der Waals surface area contributed by atoms with Crippen LogP contribution in [0.1, 0.15) is 27.7 Å². The number of hydrogen-bond acceptors (Lipinski definition) is 0. The topological polar surface area (TPSA) is 25.1 Å². The molecule has 0 amide bonds. The van der Waals surface area contributed by atoms with E-state index in [2.05, 4.69) is 37.2 Å². The maximum atomic E-state index is 4.90. The van der Waals surface area contributed by atoms with Crippen molar-refractivity contribution in [1.82, 2.24) is 14.7 Å². The first-order valence-corrected chi connectivity index (χ1v) is 7.22. The lowest BCUT2D eigenvalue weighted by Gasteiger charge is -2.22. The third-order valence-electron chi connectivity index (χ3n) is 3.09. The molecular weight excluding hydrogens is 238 g/mol. The Morgan fingerprint density at radius 3 is 1.53 bits per heavy atom. The van der Waals surface area contributed by atoms with Gasteiger partial charge in [0.25, 0.3) is 5.96 Å². The number of nitrogens with zero attached hydrogens (tertiary/aromatic N) is 5. The van der Waals surface area contributed by atoms with E-state index in [4.69, 9.17) is 4.99 Å². The monoisotopic (exact) mass is 270 g/mol. The average molecular weight is 270 g/mol. The quantitative estimate of drug-likeness (QED) is 0.436. The molecule has 0 bridgehead atoms. The van der Waals surface area contributed by atoms with Crippen LogP contribution in [0.5, 0.6) is 0 Å². The Kier molecular flexibility index (Phi) is 8.19. The van der Waals surface area contributed by atoms with Crippen LogP contribution in [0.3, 0.4) is 0 Å². The Labute approximate surface area is 119 Å². The largest absolute Gasteiger partial charge is 0.392 e. The summed E-state index contributed by atoms with van der Waals surface area (Å²) < 4.78 is 2.31. The van der Waals surface area contributed by atoms with Gasteiger partial charge in [0.05, 0.1) is 26.2 Å². The summed E-state index contributed by atoms with van der Waals surface area (Å²) in [5.41, 5.74) is 0. The summed E-state index contributed by atoms with van der Waals surface area (Å²) in [7, 11) is 8.11. The number of hydrogen-bond donors (Lipinski definition) is 0. The van der Waals surface area contributed by atoms with Crippen molar-refractivity contribution in [3.8, 4) is 0 Å². The van der Waals surface area contributed by atoms with Crippen LogP contribution in [0.25, 0.3) is 0 Å². The summed E-state index contributed by atoms with van der Waals surface area (Å²) in [5.74, 6) is 2.03. The number of guanidine groups is 2. The van der Waals surface area contributed by atoms with E-state index in [1.54, 1.807) is 0 Å². The van der Waals surface area contributed by atoms with Gasteiger partial charge in [0.2, 0.25) is 0 Å². The molecule has 112 valence electrons. The summed E-state index contributed by atoms with van der Waals surface area (Å²) >= 11 is 0. The zero-order valence-corrected chi connectivity index (χ0v) is 14.1. The lowest BCUT2D eigenvalue weighted by atomic mass is 10.5. The molecule has 0 rings (SSSR count). The molecule has 0 aliphatic heterocycles. The van der Waals surface area contributed by atoms with Gasteiger partial charge in [-0.2, -0.15) is 0 Å². The summed E-state index contributed by atoms with van der Waals surface area (Å²) in [6, 6.07) is 0. The average Bonchev–Trinajstić information content (AvgIpc) is 2.36. The van der Waals surface area contributed by atoms with E-state index in [0.29, 0.717) is 0 Å². The van der Waals surface area contributed by atoms with Crippen LogP contribution >= 0.6 is 0 Å². The zero-order chi connectivity index (χ0) is 15.0. The van der Waals surface area contributed by atoms with Gasteiger partial charge in [-0.3, -0.25) is 9.48 Å². The Hall–Kier alpha value is -1.26. The number of rotatable bonds is 4. The molecule has 0 unspecified atom stereocenters. The second-order valence-corrected chi connectivity index (χ2v) is 4.85. The van der Waals surface area contributed by atoms with Gasteiger partial charge in [0.15, 0.2) is 0 Å². The van der Waals surface area contributed by atoms with Crippen molar-refractivity contribution in [1.29, 1.82) is 0 Å². The van der Waals surface area contributed by atoms with Gasteiger partial charge in [0.1, 0.15) is 0 Å². The molecule has 0 aliphatic rings. The Morgan fingerprint density at radius 2 is 1.26 bits per heavy atom. The minimum absolute atomic E-state index is 0.966. The van der Waals surface area contributed by atoms with Crippen LogP contribution in [0.4, 0.5) is 0 Å². The van der Waals surface area contributed by atoms with Crippen LogP contribution in [-0.4, -0.2) is 85.6 Å². The minimum atomic E-state index is 0.966. The lowest BCUT2D eigenvalue weighted by molar-refractivity contribution is -0.526. The third kappa shape index (κ3) is 5.09. The van der Waals surface area contributed by atoms with Crippen LogP contribution in [-0.2, 0) is 0 Å². The van der Waals surface area contributed by atoms with E-state index in [0.717, 1.165) is 38.1 Å². The zero-order valence-electron chi connectivity index (χ0n) is 14.1. The standard InChI is InChI=1S/C14H32N5/c1-9-18(10-2)14(19(11-3)12-4)15-13(16(5)6)17(7)8/h9-12H2,1-8H3/q+1. The second kappa shape index (κ2) is 8.77. The van der Waals surface area contributed by atoms with Gasteiger partial charge in [-0.05, 0) is 32.7 Å². The molecule has 0 aliphatic carbocycles. The maximum Gasteiger partial charge on any atom is 0.392 e. The Morgan fingerprint density at radius 1 is 0.842 bits per heavy atom. The summed E-state index contributed by atoms with van der Waals surface area (Å²) in [6.45, 7) is 12.6. The molecule has 0 aromatic heterocycles. The third-order valence-corrected chi connectivity index (χ3v) is 3.09. The molecule has 0 heterocycles. The molecule has 0 aromatic carbocycles. The van der Waals surface area contributed by atoms with Crippen LogP contribution in [0.2, 0.25) is 0 Å². The Balaban J connectivity index is 5.72. The Bertz CT molecular complexity index is 298. The molecule has 0 radical (unpaired) electrons. The smallest absolute Gasteiger partial charge is 0.335 e. The molecule has 5 nitrogen and oxygen atoms in total. The highest BCUT2D eigenvalue weighted by Crippen LogP contribution is 1.99. The van der Waals surface area contributed by atoms with Gasteiger partial charge < -0.3 is 9.80 Å². The fourth-order valence-corrected chi connectivity index (χ4v) is 2.04. The first-order valence-electron chi connectivity index (χ1n) is 7.22. The van der Waals surface area contributed by atoms with E-state index >= 15 is 0 Å². The normalized spacial score (nSPS) is 9.89. The van der Waals surface area contributed by atoms with Gasteiger partial charge >= 0.3 is 5.96 Å². The first-order chi connectivity index (χ1) is 8.92. The highest BCUT2D eigenvalue weighted by atomic mass is 15.4. The molecule has 5 heteroatoms. The fourth-order valence-electron chi connectivity index (χ4n) is 2.04. The molecule has 0 N–H and O–H groups in total. The van der Waals surface area contributed by atoms with Gasteiger partial charge in [-0.25, -0.2) is 0 Å². The van der Waals surface area contributed by atoms with E-state index in [1.165, 1.54) is 0 Å². The summed E-state index contributed by atoms with van der Waals surface area (Å²) in [5, 5.41) is 0. The van der Waals surface area contributed by atoms with Crippen molar-refractivity contribution in [2.75, 3.05) is 54.4 Å². The maximum absolute atomic E-state index is 4.90.